The third kappa shape index (κ3) is 3.72. The first kappa shape index (κ1) is 18.1. The van der Waals surface area contributed by atoms with E-state index >= 15 is 0 Å². The summed E-state index contributed by atoms with van der Waals surface area (Å²) in [6.07, 6.45) is 3.39. The molecule has 0 fully saturated rings. The first-order chi connectivity index (χ1) is 13.4. The van der Waals surface area contributed by atoms with Gasteiger partial charge in [0.25, 0.3) is 0 Å². The molecule has 0 unspecified atom stereocenters. The van der Waals surface area contributed by atoms with Gasteiger partial charge in [-0.05, 0) is 45.0 Å². The number of carbonyl (C=O) groups is 1. The molecule has 0 aliphatic heterocycles. The van der Waals surface area contributed by atoms with Crippen LogP contribution in [0.1, 0.15) is 31.1 Å². The van der Waals surface area contributed by atoms with Crippen molar-refractivity contribution in [3.05, 3.63) is 53.7 Å². The van der Waals surface area contributed by atoms with E-state index in [9.17, 15) is 4.79 Å². The SMILES string of the molecule is CC(C)(C)OC(=O)c1cccnc1-c1ccc2[nH]nc(Nc3nccs3)c2c1. The minimum Gasteiger partial charge on any atom is -0.456 e. The molecule has 1 aromatic carbocycles. The number of aromatic amines is 1. The van der Waals surface area contributed by atoms with Gasteiger partial charge in [-0.1, -0.05) is 6.07 Å². The number of nitrogens with zero attached hydrogens (tertiary/aromatic N) is 3. The number of hydrogen-bond donors (Lipinski definition) is 2. The van der Waals surface area contributed by atoms with Gasteiger partial charge in [-0.2, -0.15) is 5.10 Å². The first-order valence-corrected chi connectivity index (χ1v) is 9.62. The molecule has 4 rings (SSSR count). The van der Waals surface area contributed by atoms with Gasteiger partial charge in [0.05, 0.1) is 16.8 Å². The number of nitrogens with one attached hydrogen (secondary N) is 2. The fourth-order valence-corrected chi connectivity index (χ4v) is 3.30. The zero-order valence-corrected chi connectivity index (χ0v) is 16.5. The lowest BCUT2D eigenvalue weighted by molar-refractivity contribution is 0.00701. The molecular formula is C20H19N5O2S. The number of thiazole rings is 1. The Balaban J connectivity index is 1.75. The zero-order valence-electron chi connectivity index (χ0n) is 15.7. The van der Waals surface area contributed by atoms with Crippen molar-refractivity contribution in [3.63, 3.8) is 0 Å². The third-order valence-electron chi connectivity index (χ3n) is 3.92. The zero-order chi connectivity index (χ0) is 19.7. The van der Waals surface area contributed by atoms with Crippen molar-refractivity contribution < 1.29 is 9.53 Å². The van der Waals surface area contributed by atoms with E-state index in [1.807, 2.05) is 44.4 Å². The Morgan fingerprint density at radius 1 is 1.18 bits per heavy atom. The van der Waals surface area contributed by atoms with Crippen molar-refractivity contribution in [1.29, 1.82) is 0 Å². The van der Waals surface area contributed by atoms with E-state index in [2.05, 4.69) is 25.5 Å². The van der Waals surface area contributed by atoms with E-state index in [4.69, 9.17) is 4.74 Å². The van der Waals surface area contributed by atoms with Crippen LogP contribution in [0.15, 0.2) is 48.1 Å². The lowest BCUT2D eigenvalue weighted by Crippen LogP contribution is -2.24. The van der Waals surface area contributed by atoms with Crippen molar-refractivity contribution in [2.24, 2.45) is 0 Å². The highest BCUT2D eigenvalue weighted by Gasteiger charge is 2.22. The summed E-state index contributed by atoms with van der Waals surface area (Å²) in [4.78, 5) is 21.3. The van der Waals surface area contributed by atoms with Gasteiger partial charge in [0, 0.05) is 28.7 Å². The lowest BCUT2D eigenvalue weighted by atomic mass is 10.0. The van der Waals surface area contributed by atoms with Crippen LogP contribution < -0.4 is 5.32 Å². The van der Waals surface area contributed by atoms with Gasteiger partial charge in [0.2, 0.25) is 0 Å². The van der Waals surface area contributed by atoms with E-state index in [0.717, 1.165) is 21.6 Å². The van der Waals surface area contributed by atoms with Crippen LogP contribution >= 0.6 is 11.3 Å². The molecule has 0 amide bonds. The summed E-state index contributed by atoms with van der Waals surface area (Å²) in [5.41, 5.74) is 2.09. The fourth-order valence-electron chi connectivity index (χ4n) is 2.78. The van der Waals surface area contributed by atoms with Crippen molar-refractivity contribution >= 4 is 39.2 Å². The maximum atomic E-state index is 12.6. The molecule has 0 saturated heterocycles. The quantitative estimate of drug-likeness (QED) is 0.485. The second-order valence-corrected chi connectivity index (χ2v) is 8.09. The Kier molecular flexibility index (Phi) is 4.56. The monoisotopic (exact) mass is 393 g/mol. The molecule has 0 aliphatic carbocycles. The average molecular weight is 393 g/mol. The molecule has 0 saturated carbocycles. The molecule has 142 valence electrons. The second-order valence-electron chi connectivity index (χ2n) is 7.20. The van der Waals surface area contributed by atoms with Gasteiger partial charge in [-0.25, -0.2) is 9.78 Å². The summed E-state index contributed by atoms with van der Waals surface area (Å²) in [6, 6.07) is 9.23. The number of ether oxygens (including phenoxy) is 1. The third-order valence-corrected chi connectivity index (χ3v) is 4.61. The molecule has 0 bridgehead atoms. The van der Waals surface area contributed by atoms with Crippen LogP contribution in [-0.4, -0.2) is 31.7 Å². The van der Waals surface area contributed by atoms with Crippen LogP contribution in [0.5, 0.6) is 0 Å². The number of pyridine rings is 1. The number of esters is 1. The van der Waals surface area contributed by atoms with E-state index in [1.54, 1.807) is 24.5 Å². The van der Waals surface area contributed by atoms with Gasteiger partial charge in [0.15, 0.2) is 10.9 Å². The molecule has 3 aromatic heterocycles. The predicted octanol–water partition coefficient (Wildman–Crippen LogP) is 4.78. The molecule has 0 atom stereocenters. The average Bonchev–Trinajstić information content (AvgIpc) is 3.30. The summed E-state index contributed by atoms with van der Waals surface area (Å²) in [6.45, 7) is 5.53. The number of rotatable bonds is 4. The second kappa shape index (κ2) is 7.05. The molecule has 0 radical (unpaired) electrons. The predicted molar refractivity (Wildman–Crippen MR) is 110 cm³/mol. The highest BCUT2D eigenvalue weighted by Crippen LogP contribution is 2.30. The van der Waals surface area contributed by atoms with Gasteiger partial charge >= 0.3 is 5.97 Å². The highest BCUT2D eigenvalue weighted by atomic mass is 32.1. The van der Waals surface area contributed by atoms with E-state index in [0.29, 0.717) is 17.1 Å². The van der Waals surface area contributed by atoms with Crippen molar-refractivity contribution in [2.75, 3.05) is 5.32 Å². The summed E-state index contributed by atoms with van der Waals surface area (Å²) in [5.74, 6) is 0.269. The van der Waals surface area contributed by atoms with Gasteiger partial charge in [-0.3, -0.25) is 10.1 Å². The van der Waals surface area contributed by atoms with Crippen LogP contribution in [0.3, 0.4) is 0 Å². The first-order valence-electron chi connectivity index (χ1n) is 8.74. The van der Waals surface area contributed by atoms with Crippen LogP contribution in [0, 0.1) is 0 Å². The molecule has 2 N–H and O–H groups in total. The van der Waals surface area contributed by atoms with E-state index in [1.165, 1.54) is 11.3 Å². The maximum absolute atomic E-state index is 12.6. The van der Waals surface area contributed by atoms with Crippen molar-refractivity contribution in [2.45, 2.75) is 26.4 Å². The molecule has 0 spiro atoms. The van der Waals surface area contributed by atoms with Crippen LogP contribution in [0.25, 0.3) is 22.2 Å². The molecule has 8 heteroatoms. The number of hydrogen-bond acceptors (Lipinski definition) is 7. The summed E-state index contributed by atoms with van der Waals surface area (Å²) < 4.78 is 5.54. The summed E-state index contributed by atoms with van der Waals surface area (Å²) in [5, 5.41) is 14.1. The van der Waals surface area contributed by atoms with Crippen LogP contribution in [0.4, 0.5) is 10.9 Å². The molecule has 28 heavy (non-hydrogen) atoms. The lowest BCUT2D eigenvalue weighted by Gasteiger charge is -2.20. The van der Waals surface area contributed by atoms with Crippen molar-refractivity contribution in [3.8, 4) is 11.3 Å². The molecule has 3 heterocycles. The minimum absolute atomic E-state index is 0.399. The number of anilines is 2. The van der Waals surface area contributed by atoms with Gasteiger partial charge in [0.1, 0.15) is 5.60 Å². The number of benzene rings is 1. The summed E-state index contributed by atoms with van der Waals surface area (Å²) in [7, 11) is 0. The van der Waals surface area contributed by atoms with E-state index in [-0.39, 0.29) is 0 Å². The number of fused-ring (bicyclic) bond motifs is 1. The molecule has 4 aromatic rings. The standard InChI is InChI=1S/C20H19N5O2S/c1-20(2,3)27-18(26)13-5-4-8-21-16(13)12-6-7-15-14(11-12)17(25-24-15)23-19-22-9-10-28-19/h4-11H,1-3H3,(H2,22,23,24,25). The largest absolute Gasteiger partial charge is 0.456 e. The normalized spacial score (nSPS) is 11.5. The topological polar surface area (TPSA) is 92.8 Å². The number of carbonyl (C=O) groups excluding carboxylic acids is 1. The van der Waals surface area contributed by atoms with Gasteiger partial charge < -0.3 is 10.1 Å². The van der Waals surface area contributed by atoms with Crippen LogP contribution in [-0.2, 0) is 4.74 Å². The fraction of sp³-hybridized carbons (Fsp3) is 0.200. The smallest absolute Gasteiger partial charge is 0.340 e. The number of aromatic nitrogens is 4. The Labute approximate surface area is 165 Å². The minimum atomic E-state index is -0.580. The summed E-state index contributed by atoms with van der Waals surface area (Å²) >= 11 is 1.49. The molecule has 7 nitrogen and oxygen atoms in total. The number of H-pyrrole nitrogens is 1. The Morgan fingerprint density at radius 3 is 2.79 bits per heavy atom. The van der Waals surface area contributed by atoms with Crippen molar-refractivity contribution in [1.82, 2.24) is 20.2 Å². The van der Waals surface area contributed by atoms with Crippen LogP contribution in [0.2, 0.25) is 0 Å². The highest BCUT2D eigenvalue weighted by molar-refractivity contribution is 7.13. The molecular weight excluding hydrogens is 374 g/mol. The Morgan fingerprint density at radius 2 is 2.04 bits per heavy atom. The van der Waals surface area contributed by atoms with E-state index < -0.39 is 11.6 Å². The molecule has 0 aliphatic rings. The maximum Gasteiger partial charge on any atom is 0.340 e. The Hall–Kier alpha value is -3.26. The van der Waals surface area contributed by atoms with Gasteiger partial charge in [-0.15, -0.1) is 11.3 Å². The Bertz CT molecular complexity index is 1130.